The number of piperidine rings is 1. The molecule has 2 saturated carbocycles. The lowest BCUT2D eigenvalue weighted by atomic mass is 9.48. The third-order valence-electron chi connectivity index (χ3n) is 10.1. The zero-order valence-electron chi connectivity index (χ0n) is 22.0. The number of non-ortho nitro benzene ring substituents is 1. The van der Waals surface area contributed by atoms with Crippen molar-refractivity contribution < 1.29 is 24.7 Å². The number of hydrogen-bond donors (Lipinski definition) is 2. The fraction of sp³-hybridized carbons (Fsp3) is 0.500. The van der Waals surface area contributed by atoms with Crippen LogP contribution in [-0.4, -0.2) is 74.8 Å². The Labute approximate surface area is 226 Å². The highest BCUT2D eigenvalue weighted by molar-refractivity contribution is 5.92. The van der Waals surface area contributed by atoms with Crippen molar-refractivity contribution in [3.8, 4) is 11.5 Å². The van der Waals surface area contributed by atoms with E-state index in [0.717, 1.165) is 30.6 Å². The number of nitrogens with zero attached hydrogens (tertiary/aromatic N) is 3. The molecule has 5 aliphatic rings. The summed E-state index contributed by atoms with van der Waals surface area (Å²) >= 11 is 0. The number of likely N-dealkylation sites (tertiary alicyclic amines) is 1. The summed E-state index contributed by atoms with van der Waals surface area (Å²) in [7, 11) is 1.75. The number of carbonyl (C=O) groups is 1. The number of benzene rings is 2. The summed E-state index contributed by atoms with van der Waals surface area (Å²) in [6.07, 6.45) is 7.62. The minimum atomic E-state index is -1.00. The van der Waals surface area contributed by atoms with Gasteiger partial charge >= 0.3 is 0 Å². The van der Waals surface area contributed by atoms with Crippen molar-refractivity contribution in [1.82, 2.24) is 9.80 Å². The second-order valence-corrected chi connectivity index (χ2v) is 12.0. The standard InChI is InChI=1S/C30H33N3O6/c1-31(25(35)10-7-18-3-2-4-21(15-18)33(37)38)22-11-12-30(36)24-16-20-8-9-23(34)27-26(20)29(30,28(22)39-27)13-14-32(24)17-19-5-6-19/h2-4,7-10,15,19,22,24,28,34,36H,5-6,11-14,16-17H2,1H3. The summed E-state index contributed by atoms with van der Waals surface area (Å²) in [5.41, 5.74) is 0.906. The number of rotatable bonds is 6. The Morgan fingerprint density at radius 1 is 1.26 bits per heavy atom. The summed E-state index contributed by atoms with van der Waals surface area (Å²) in [5, 5.41) is 34.5. The van der Waals surface area contributed by atoms with Gasteiger partial charge in [0.15, 0.2) is 11.5 Å². The van der Waals surface area contributed by atoms with E-state index in [-0.39, 0.29) is 29.4 Å². The van der Waals surface area contributed by atoms with E-state index in [1.165, 1.54) is 31.1 Å². The lowest BCUT2D eigenvalue weighted by Gasteiger charge is -2.64. The first-order valence-corrected chi connectivity index (χ1v) is 13.9. The van der Waals surface area contributed by atoms with Gasteiger partial charge in [-0.3, -0.25) is 19.8 Å². The molecule has 2 bridgehead atoms. The van der Waals surface area contributed by atoms with Gasteiger partial charge in [0.25, 0.3) is 5.69 Å². The van der Waals surface area contributed by atoms with Gasteiger partial charge in [-0.25, -0.2) is 0 Å². The average molecular weight is 532 g/mol. The third kappa shape index (κ3) is 3.49. The van der Waals surface area contributed by atoms with E-state index in [9.17, 15) is 25.1 Å². The lowest BCUT2D eigenvalue weighted by Crippen LogP contribution is -2.78. The molecule has 1 spiro atoms. The number of nitro benzene ring substituents is 1. The van der Waals surface area contributed by atoms with E-state index in [1.807, 2.05) is 6.07 Å². The van der Waals surface area contributed by atoms with Crippen LogP contribution in [0.25, 0.3) is 6.08 Å². The Bertz CT molecular complexity index is 1410. The van der Waals surface area contributed by atoms with Gasteiger partial charge < -0.3 is 19.8 Å². The van der Waals surface area contributed by atoms with Crippen molar-refractivity contribution in [2.24, 2.45) is 5.92 Å². The van der Waals surface area contributed by atoms with Gasteiger partial charge in [0.05, 0.1) is 22.0 Å². The number of phenols is 1. The number of carbonyl (C=O) groups excluding carboxylic acids is 1. The number of aliphatic hydroxyl groups is 1. The number of likely N-dealkylation sites (N-methyl/N-ethyl adjacent to an activating group) is 1. The Hall–Kier alpha value is -3.43. The van der Waals surface area contributed by atoms with Crippen molar-refractivity contribution >= 4 is 17.7 Å². The van der Waals surface area contributed by atoms with E-state index in [1.54, 1.807) is 36.2 Å². The molecule has 2 aromatic carbocycles. The van der Waals surface area contributed by atoms with Crippen LogP contribution >= 0.6 is 0 Å². The van der Waals surface area contributed by atoms with E-state index < -0.39 is 22.0 Å². The quantitative estimate of drug-likeness (QED) is 0.333. The molecule has 3 aliphatic carbocycles. The highest BCUT2D eigenvalue weighted by Gasteiger charge is 2.73. The van der Waals surface area contributed by atoms with Gasteiger partial charge in [0.2, 0.25) is 5.91 Å². The Morgan fingerprint density at radius 2 is 2.08 bits per heavy atom. The molecule has 2 heterocycles. The van der Waals surface area contributed by atoms with Crippen molar-refractivity contribution in [2.75, 3.05) is 20.1 Å². The second kappa shape index (κ2) is 8.53. The second-order valence-electron chi connectivity index (χ2n) is 12.0. The summed E-state index contributed by atoms with van der Waals surface area (Å²) in [6, 6.07) is 9.51. The van der Waals surface area contributed by atoms with Crippen LogP contribution in [0.2, 0.25) is 0 Å². The van der Waals surface area contributed by atoms with Crippen LogP contribution in [0.4, 0.5) is 5.69 Å². The molecule has 0 aromatic heterocycles. The van der Waals surface area contributed by atoms with Gasteiger partial charge in [0, 0.05) is 43.4 Å². The summed E-state index contributed by atoms with van der Waals surface area (Å²) in [6.45, 7) is 1.87. The molecule has 5 atom stereocenters. The Kier molecular flexibility index (Phi) is 5.38. The van der Waals surface area contributed by atoms with Crippen LogP contribution in [0, 0.1) is 16.0 Å². The maximum Gasteiger partial charge on any atom is 0.270 e. The molecule has 0 radical (unpaired) electrons. The molecule has 2 aliphatic heterocycles. The topological polar surface area (TPSA) is 116 Å². The molecule has 2 N–H and O–H groups in total. The van der Waals surface area contributed by atoms with Crippen molar-refractivity contribution in [2.45, 2.75) is 67.7 Å². The van der Waals surface area contributed by atoms with Gasteiger partial charge in [-0.1, -0.05) is 18.2 Å². The van der Waals surface area contributed by atoms with Gasteiger partial charge in [-0.05, 0) is 74.3 Å². The molecule has 2 aromatic rings. The van der Waals surface area contributed by atoms with E-state index in [0.29, 0.717) is 36.5 Å². The predicted molar refractivity (Wildman–Crippen MR) is 143 cm³/mol. The summed E-state index contributed by atoms with van der Waals surface area (Å²) in [4.78, 5) is 28.2. The van der Waals surface area contributed by atoms with E-state index in [4.69, 9.17) is 4.74 Å². The zero-order valence-corrected chi connectivity index (χ0v) is 22.0. The van der Waals surface area contributed by atoms with Crippen LogP contribution < -0.4 is 4.74 Å². The fourth-order valence-corrected chi connectivity index (χ4v) is 8.04. The fourth-order valence-electron chi connectivity index (χ4n) is 8.04. The number of amides is 1. The largest absolute Gasteiger partial charge is 0.504 e. The number of hydrogen-bond acceptors (Lipinski definition) is 7. The van der Waals surface area contributed by atoms with E-state index in [2.05, 4.69) is 4.90 Å². The van der Waals surface area contributed by atoms with Crippen LogP contribution in [-0.2, 0) is 16.6 Å². The van der Waals surface area contributed by atoms with Crippen molar-refractivity contribution in [1.29, 1.82) is 0 Å². The van der Waals surface area contributed by atoms with Crippen LogP contribution in [0.3, 0.4) is 0 Å². The molecular weight excluding hydrogens is 498 g/mol. The number of nitro groups is 1. The molecule has 39 heavy (non-hydrogen) atoms. The maximum absolute atomic E-state index is 13.4. The molecule has 5 unspecified atom stereocenters. The lowest BCUT2D eigenvalue weighted by molar-refractivity contribution is -0.384. The SMILES string of the molecule is CN(C(=O)C=Cc1cccc([N+](=O)[O-])c1)C1CCC2(O)C3Cc4ccc(O)c5c4C2(CCN3CC2CC2)C1O5. The maximum atomic E-state index is 13.4. The molecule has 9 heteroatoms. The molecular formula is C30H33N3O6. The van der Waals surface area contributed by atoms with Crippen molar-refractivity contribution in [3.05, 3.63) is 69.3 Å². The summed E-state index contributed by atoms with van der Waals surface area (Å²) < 4.78 is 6.57. The summed E-state index contributed by atoms with van der Waals surface area (Å²) in [5.74, 6) is 1.02. The first kappa shape index (κ1) is 24.6. The molecule has 7 rings (SSSR count). The smallest absolute Gasteiger partial charge is 0.270 e. The Morgan fingerprint density at radius 3 is 2.85 bits per heavy atom. The molecule has 204 valence electrons. The van der Waals surface area contributed by atoms with Crippen LogP contribution in [0.1, 0.15) is 48.8 Å². The first-order chi connectivity index (χ1) is 18.7. The van der Waals surface area contributed by atoms with Gasteiger partial charge in [-0.2, -0.15) is 0 Å². The minimum Gasteiger partial charge on any atom is -0.504 e. The minimum absolute atomic E-state index is 0.0170. The van der Waals surface area contributed by atoms with Crippen molar-refractivity contribution in [3.63, 3.8) is 0 Å². The van der Waals surface area contributed by atoms with Crippen LogP contribution in [0.15, 0.2) is 42.5 Å². The Balaban J connectivity index is 1.22. The van der Waals surface area contributed by atoms with E-state index >= 15 is 0 Å². The molecule has 3 fully saturated rings. The molecule has 9 nitrogen and oxygen atoms in total. The first-order valence-electron chi connectivity index (χ1n) is 13.9. The predicted octanol–water partition coefficient (Wildman–Crippen LogP) is 3.40. The average Bonchev–Trinajstić information content (AvgIpc) is 3.67. The number of ether oxygens (including phenoxy) is 1. The van der Waals surface area contributed by atoms with Crippen LogP contribution in [0.5, 0.6) is 11.5 Å². The number of aromatic hydroxyl groups is 1. The highest BCUT2D eigenvalue weighted by atomic mass is 16.6. The zero-order chi connectivity index (χ0) is 27.1. The monoisotopic (exact) mass is 531 g/mol. The normalized spacial score (nSPS) is 32.5. The van der Waals surface area contributed by atoms with Gasteiger partial charge in [0.1, 0.15) is 6.10 Å². The van der Waals surface area contributed by atoms with Gasteiger partial charge in [-0.15, -0.1) is 0 Å². The third-order valence-corrected chi connectivity index (χ3v) is 10.1. The number of phenolic OH excluding ortho intramolecular Hbond substituents is 1. The highest BCUT2D eigenvalue weighted by Crippen LogP contribution is 2.66. The molecule has 1 saturated heterocycles. The molecule has 1 amide bonds.